The highest BCUT2D eigenvalue weighted by Crippen LogP contribution is 2.36. The molecule has 0 unspecified atom stereocenters. The van der Waals surface area contributed by atoms with Crippen molar-refractivity contribution < 1.29 is 9.53 Å². The van der Waals surface area contributed by atoms with Crippen molar-refractivity contribution in [2.24, 2.45) is 0 Å². The minimum absolute atomic E-state index is 0.0204. The predicted molar refractivity (Wildman–Crippen MR) is 61.7 cm³/mol. The maximum atomic E-state index is 11.4. The third-order valence-electron chi connectivity index (χ3n) is 3.37. The summed E-state index contributed by atoms with van der Waals surface area (Å²) in [6, 6.07) is 0. The van der Waals surface area contributed by atoms with E-state index in [-0.39, 0.29) is 11.6 Å². The zero-order valence-corrected chi connectivity index (χ0v) is 10.2. The van der Waals surface area contributed by atoms with Gasteiger partial charge in [-0.05, 0) is 38.5 Å². The molecule has 0 aromatic rings. The van der Waals surface area contributed by atoms with Crippen LogP contribution in [0.4, 0.5) is 0 Å². The molecule has 2 nitrogen and oxygen atoms in total. The molecular weight excluding hydrogens is 188 g/mol. The van der Waals surface area contributed by atoms with Crippen LogP contribution >= 0.6 is 0 Å². The second kappa shape index (κ2) is 6.14. The molecule has 0 spiro atoms. The second-order valence-electron chi connectivity index (χ2n) is 4.67. The molecule has 0 saturated heterocycles. The summed E-state index contributed by atoms with van der Waals surface area (Å²) in [6.45, 7) is 4.07. The molecular formula is C13H24O2. The molecule has 0 aromatic heterocycles. The Morgan fingerprint density at radius 1 is 1.20 bits per heavy atom. The van der Waals surface area contributed by atoms with Crippen molar-refractivity contribution in [2.45, 2.75) is 77.2 Å². The maximum absolute atomic E-state index is 11.4. The Kier molecular flexibility index (Phi) is 5.13. The van der Waals surface area contributed by atoms with Crippen molar-refractivity contribution in [1.82, 2.24) is 0 Å². The normalized spacial score (nSPS) is 19.9. The average molecular weight is 212 g/mol. The SMILES string of the molecule is CCCCC1(OC(=O)CC)CCCCC1. The van der Waals surface area contributed by atoms with Gasteiger partial charge in [-0.2, -0.15) is 0 Å². The molecule has 0 atom stereocenters. The van der Waals surface area contributed by atoms with Crippen molar-refractivity contribution in [3.05, 3.63) is 0 Å². The first-order valence-electron chi connectivity index (χ1n) is 6.44. The van der Waals surface area contributed by atoms with Crippen molar-refractivity contribution >= 4 is 5.97 Å². The van der Waals surface area contributed by atoms with E-state index in [9.17, 15) is 4.79 Å². The number of ether oxygens (including phenoxy) is 1. The average Bonchev–Trinajstić information content (AvgIpc) is 2.27. The zero-order valence-electron chi connectivity index (χ0n) is 10.2. The maximum Gasteiger partial charge on any atom is 0.306 e. The van der Waals surface area contributed by atoms with E-state index in [0.29, 0.717) is 6.42 Å². The Morgan fingerprint density at radius 2 is 1.87 bits per heavy atom. The number of rotatable bonds is 5. The standard InChI is InChI=1S/C13H24O2/c1-3-5-9-13(15-12(14)4-2)10-7-6-8-11-13/h3-11H2,1-2H3. The lowest BCUT2D eigenvalue weighted by atomic mass is 9.81. The van der Waals surface area contributed by atoms with E-state index in [1.807, 2.05) is 6.92 Å². The molecule has 1 aliphatic rings. The molecule has 2 heteroatoms. The lowest BCUT2D eigenvalue weighted by molar-refractivity contribution is -0.164. The zero-order chi connectivity index (χ0) is 11.1. The molecule has 88 valence electrons. The van der Waals surface area contributed by atoms with E-state index in [1.54, 1.807) is 0 Å². The third kappa shape index (κ3) is 3.84. The van der Waals surface area contributed by atoms with E-state index < -0.39 is 0 Å². The van der Waals surface area contributed by atoms with Crippen LogP contribution in [0.1, 0.15) is 71.6 Å². The first-order chi connectivity index (χ1) is 7.22. The van der Waals surface area contributed by atoms with Crippen LogP contribution in [-0.4, -0.2) is 11.6 Å². The van der Waals surface area contributed by atoms with Gasteiger partial charge in [-0.15, -0.1) is 0 Å². The number of hydrogen-bond donors (Lipinski definition) is 0. The number of carbonyl (C=O) groups excluding carboxylic acids is 1. The van der Waals surface area contributed by atoms with Gasteiger partial charge in [0.2, 0.25) is 0 Å². The molecule has 1 rings (SSSR count). The van der Waals surface area contributed by atoms with Crippen molar-refractivity contribution in [2.75, 3.05) is 0 Å². The molecule has 1 saturated carbocycles. The summed E-state index contributed by atoms with van der Waals surface area (Å²) in [5.74, 6) is -0.0204. The van der Waals surface area contributed by atoms with E-state index >= 15 is 0 Å². The summed E-state index contributed by atoms with van der Waals surface area (Å²) in [5.41, 5.74) is -0.0959. The van der Waals surface area contributed by atoms with Gasteiger partial charge < -0.3 is 4.74 Å². The van der Waals surface area contributed by atoms with Crippen LogP contribution in [0.3, 0.4) is 0 Å². The van der Waals surface area contributed by atoms with Gasteiger partial charge in [-0.1, -0.05) is 26.7 Å². The van der Waals surface area contributed by atoms with E-state index in [2.05, 4.69) is 6.92 Å². The van der Waals surface area contributed by atoms with Gasteiger partial charge in [0.05, 0.1) is 0 Å². The third-order valence-corrected chi connectivity index (χ3v) is 3.37. The molecule has 0 N–H and O–H groups in total. The van der Waals surface area contributed by atoms with Crippen molar-refractivity contribution in [1.29, 1.82) is 0 Å². The highest BCUT2D eigenvalue weighted by Gasteiger charge is 2.34. The van der Waals surface area contributed by atoms with Crippen LogP contribution < -0.4 is 0 Å². The molecule has 0 bridgehead atoms. The quantitative estimate of drug-likeness (QED) is 0.647. The number of unbranched alkanes of at least 4 members (excludes halogenated alkanes) is 1. The van der Waals surface area contributed by atoms with Crippen molar-refractivity contribution in [3.8, 4) is 0 Å². The number of esters is 1. The first kappa shape index (κ1) is 12.5. The summed E-state index contributed by atoms with van der Waals surface area (Å²) >= 11 is 0. The van der Waals surface area contributed by atoms with Crippen LogP contribution in [0.5, 0.6) is 0 Å². The predicted octanol–water partition coefficient (Wildman–Crippen LogP) is 3.83. The van der Waals surface area contributed by atoms with Gasteiger partial charge in [-0.3, -0.25) is 4.79 Å². The molecule has 1 fully saturated rings. The Balaban J connectivity index is 2.53. The fraction of sp³-hybridized carbons (Fsp3) is 0.923. The second-order valence-corrected chi connectivity index (χ2v) is 4.67. The lowest BCUT2D eigenvalue weighted by Crippen LogP contribution is -2.37. The highest BCUT2D eigenvalue weighted by molar-refractivity contribution is 5.69. The van der Waals surface area contributed by atoms with Crippen molar-refractivity contribution in [3.63, 3.8) is 0 Å². The summed E-state index contributed by atoms with van der Waals surface area (Å²) in [6.07, 6.45) is 9.85. The fourth-order valence-electron chi connectivity index (χ4n) is 2.41. The van der Waals surface area contributed by atoms with Crippen LogP contribution in [0.2, 0.25) is 0 Å². The van der Waals surface area contributed by atoms with Gasteiger partial charge in [-0.25, -0.2) is 0 Å². The summed E-state index contributed by atoms with van der Waals surface area (Å²) in [4.78, 5) is 11.4. The van der Waals surface area contributed by atoms with Crippen LogP contribution in [0.25, 0.3) is 0 Å². The topological polar surface area (TPSA) is 26.3 Å². The lowest BCUT2D eigenvalue weighted by Gasteiger charge is -2.37. The molecule has 0 aliphatic heterocycles. The minimum atomic E-state index is -0.0959. The molecule has 0 radical (unpaired) electrons. The Labute approximate surface area is 93.4 Å². The molecule has 0 amide bonds. The van der Waals surface area contributed by atoms with E-state index in [0.717, 1.165) is 19.3 Å². The molecule has 0 aromatic carbocycles. The number of carbonyl (C=O) groups is 1. The fourth-order valence-corrected chi connectivity index (χ4v) is 2.41. The number of hydrogen-bond acceptors (Lipinski definition) is 2. The largest absolute Gasteiger partial charge is 0.459 e. The van der Waals surface area contributed by atoms with Gasteiger partial charge in [0.15, 0.2) is 0 Å². The molecule has 1 aliphatic carbocycles. The summed E-state index contributed by atoms with van der Waals surface area (Å²) < 4.78 is 5.69. The van der Waals surface area contributed by atoms with Gasteiger partial charge in [0, 0.05) is 6.42 Å². The van der Waals surface area contributed by atoms with Gasteiger partial charge in [0.25, 0.3) is 0 Å². The Morgan fingerprint density at radius 3 is 2.40 bits per heavy atom. The Bertz CT molecular complexity index is 193. The van der Waals surface area contributed by atoms with Crippen LogP contribution in [0, 0.1) is 0 Å². The highest BCUT2D eigenvalue weighted by atomic mass is 16.6. The summed E-state index contributed by atoms with van der Waals surface area (Å²) in [7, 11) is 0. The smallest absolute Gasteiger partial charge is 0.306 e. The summed E-state index contributed by atoms with van der Waals surface area (Å²) in [5, 5.41) is 0. The van der Waals surface area contributed by atoms with Gasteiger partial charge >= 0.3 is 5.97 Å². The molecule has 0 heterocycles. The first-order valence-corrected chi connectivity index (χ1v) is 6.44. The van der Waals surface area contributed by atoms with Crippen LogP contribution in [0.15, 0.2) is 0 Å². The Hall–Kier alpha value is -0.530. The van der Waals surface area contributed by atoms with E-state index in [1.165, 1.54) is 32.1 Å². The molecule has 15 heavy (non-hydrogen) atoms. The minimum Gasteiger partial charge on any atom is -0.459 e. The van der Waals surface area contributed by atoms with E-state index in [4.69, 9.17) is 4.74 Å². The monoisotopic (exact) mass is 212 g/mol. The van der Waals surface area contributed by atoms with Crippen LogP contribution in [-0.2, 0) is 9.53 Å². The van der Waals surface area contributed by atoms with Gasteiger partial charge in [0.1, 0.15) is 5.60 Å².